The third-order valence-corrected chi connectivity index (χ3v) is 4.42. The SMILES string of the molecule is CC(CCO)CN1C(=O)CC2(CCCCC2)C1=O. The standard InChI is InChI=1S/C14H23NO3/c1-11(5-8-16)10-15-12(17)9-14(13(15)18)6-3-2-4-7-14/h11,16H,2-10H2,1H3. The summed E-state index contributed by atoms with van der Waals surface area (Å²) >= 11 is 0. The highest BCUT2D eigenvalue weighted by Gasteiger charge is 2.51. The van der Waals surface area contributed by atoms with Crippen molar-refractivity contribution in [3.8, 4) is 0 Å². The van der Waals surface area contributed by atoms with Crippen LogP contribution in [0, 0.1) is 11.3 Å². The van der Waals surface area contributed by atoms with Crippen molar-refractivity contribution in [3.63, 3.8) is 0 Å². The second kappa shape index (κ2) is 5.39. The topological polar surface area (TPSA) is 57.6 Å². The number of amides is 2. The van der Waals surface area contributed by atoms with E-state index in [1.165, 1.54) is 11.3 Å². The average Bonchev–Trinajstić information content (AvgIpc) is 2.55. The van der Waals surface area contributed by atoms with Crippen molar-refractivity contribution in [2.75, 3.05) is 13.2 Å². The average molecular weight is 253 g/mol. The molecule has 102 valence electrons. The molecule has 0 bridgehead atoms. The molecule has 2 amide bonds. The summed E-state index contributed by atoms with van der Waals surface area (Å²) in [4.78, 5) is 26.0. The van der Waals surface area contributed by atoms with E-state index in [4.69, 9.17) is 5.11 Å². The molecule has 1 spiro atoms. The highest BCUT2D eigenvalue weighted by molar-refractivity contribution is 6.05. The first-order valence-corrected chi connectivity index (χ1v) is 7.05. The minimum absolute atomic E-state index is 0.00769. The van der Waals surface area contributed by atoms with E-state index in [0.29, 0.717) is 19.4 Å². The Labute approximate surface area is 108 Å². The number of imide groups is 1. The van der Waals surface area contributed by atoms with Crippen LogP contribution in [0.2, 0.25) is 0 Å². The van der Waals surface area contributed by atoms with Gasteiger partial charge in [0.05, 0.1) is 5.41 Å². The Bertz CT molecular complexity index is 334. The van der Waals surface area contributed by atoms with E-state index in [9.17, 15) is 9.59 Å². The van der Waals surface area contributed by atoms with Crippen LogP contribution in [0.1, 0.15) is 51.9 Å². The summed E-state index contributed by atoms with van der Waals surface area (Å²) in [6, 6.07) is 0. The molecule has 1 unspecified atom stereocenters. The van der Waals surface area contributed by atoms with E-state index in [1.54, 1.807) is 0 Å². The molecule has 1 N–H and O–H groups in total. The van der Waals surface area contributed by atoms with E-state index >= 15 is 0 Å². The summed E-state index contributed by atoms with van der Waals surface area (Å²) in [5.41, 5.74) is -0.367. The van der Waals surface area contributed by atoms with Gasteiger partial charge in [-0.3, -0.25) is 14.5 Å². The van der Waals surface area contributed by atoms with Gasteiger partial charge in [0, 0.05) is 19.6 Å². The number of nitrogens with zero attached hydrogens (tertiary/aromatic N) is 1. The summed E-state index contributed by atoms with van der Waals surface area (Å²) in [6.45, 7) is 2.56. The van der Waals surface area contributed by atoms with Gasteiger partial charge in [-0.25, -0.2) is 0 Å². The molecule has 2 rings (SSSR count). The first kappa shape index (κ1) is 13.5. The Morgan fingerprint density at radius 3 is 2.56 bits per heavy atom. The first-order valence-electron chi connectivity index (χ1n) is 7.05. The molecule has 4 heteroatoms. The monoisotopic (exact) mass is 253 g/mol. The minimum Gasteiger partial charge on any atom is -0.396 e. The zero-order valence-corrected chi connectivity index (χ0v) is 11.2. The van der Waals surface area contributed by atoms with Gasteiger partial charge in [-0.1, -0.05) is 26.2 Å². The van der Waals surface area contributed by atoms with Crippen LogP contribution in [0.25, 0.3) is 0 Å². The molecule has 1 saturated carbocycles. The van der Waals surface area contributed by atoms with Crippen LogP contribution >= 0.6 is 0 Å². The molecule has 18 heavy (non-hydrogen) atoms. The van der Waals surface area contributed by atoms with Gasteiger partial charge in [0.2, 0.25) is 11.8 Å². The van der Waals surface area contributed by atoms with Gasteiger partial charge in [0.1, 0.15) is 0 Å². The molecule has 0 radical (unpaired) electrons. The lowest BCUT2D eigenvalue weighted by Gasteiger charge is -2.31. The van der Waals surface area contributed by atoms with Gasteiger partial charge in [-0.2, -0.15) is 0 Å². The van der Waals surface area contributed by atoms with Crippen LogP contribution in [-0.4, -0.2) is 35.0 Å². The molecule has 1 aliphatic heterocycles. The van der Waals surface area contributed by atoms with E-state index in [1.807, 2.05) is 6.92 Å². The molecule has 1 saturated heterocycles. The van der Waals surface area contributed by atoms with Crippen molar-refractivity contribution in [2.45, 2.75) is 51.9 Å². The maximum atomic E-state index is 12.5. The fourth-order valence-electron chi connectivity index (χ4n) is 3.29. The molecular weight excluding hydrogens is 230 g/mol. The van der Waals surface area contributed by atoms with Crippen LogP contribution in [-0.2, 0) is 9.59 Å². The summed E-state index contributed by atoms with van der Waals surface area (Å²) in [5.74, 6) is 0.227. The summed E-state index contributed by atoms with van der Waals surface area (Å²) in [6.07, 6.45) is 6.13. The van der Waals surface area contributed by atoms with Crippen molar-refractivity contribution in [1.29, 1.82) is 0 Å². The van der Waals surface area contributed by atoms with Gasteiger partial charge >= 0.3 is 0 Å². The summed E-state index contributed by atoms with van der Waals surface area (Å²) < 4.78 is 0. The second-order valence-electron chi connectivity index (χ2n) is 5.94. The van der Waals surface area contributed by atoms with Gasteiger partial charge < -0.3 is 5.11 Å². The lowest BCUT2D eigenvalue weighted by Crippen LogP contribution is -2.39. The third-order valence-electron chi connectivity index (χ3n) is 4.42. The lowest BCUT2D eigenvalue weighted by atomic mass is 9.73. The highest BCUT2D eigenvalue weighted by atomic mass is 16.3. The summed E-state index contributed by atoms with van der Waals surface area (Å²) in [7, 11) is 0. The van der Waals surface area contributed by atoms with Crippen LogP contribution in [0.15, 0.2) is 0 Å². The summed E-state index contributed by atoms with van der Waals surface area (Å²) in [5, 5.41) is 8.90. The van der Waals surface area contributed by atoms with Crippen molar-refractivity contribution in [2.24, 2.45) is 11.3 Å². The molecule has 2 fully saturated rings. The number of hydrogen-bond donors (Lipinski definition) is 1. The molecule has 1 atom stereocenters. The molecule has 0 aromatic carbocycles. The second-order valence-corrected chi connectivity index (χ2v) is 5.94. The zero-order chi connectivity index (χ0) is 13.2. The molecule has 1 heterocycles. The quantitative estimate of drug-likeness (QED) is 0.776. The van der Waals surface area contributed by atoms with Crippen LogP contribution in [0.4, 0.5) is 0 Å². The lowest BCUT2D eigenvalue weighted by molar-refractivity contribution is -0.142. The Hall–Kier alpha value is -0.900. The van der Waals surface area contributed by atoms with Crippen LogP contribution in [0.3, 0.4) is 0 Å². The van der Waals surface area contributed by atoms with E-state index in [-0.39, 0.29) is 29.8 Å². The molecule has 4 nitrogen and oxygen atoms in total. The smallest absolute Gasteiger partial charge is 0.235 e. The minimum atomic E-state index is -0.367. The molecule has 0 aromatic rings. The Balaban J connectivity index is 2.04. The van der Waals surface area contributed by atoms with Gasteiger partial charge in [-0.15, -0.1) is 0 Å². The van der Waals surface area contributed by atoms with E-state index in [2.05, 4.69) is 0 Å². The molecular formula is C14H23NO3. The van der Waals surface area contributed by atoms with Crippen molar-refractivity contribution in [1.82, 2.24) is 4.90 Å². The van der Waals surface area contributed by atoms with Gasteiger partial charge in [-0.05, 0) is 25.2 Å². The molecule has 1 aliphatic carbocycles. The highest BCUT2D eigenvalue weighted by Crippen LogP contribution is 2.45. The fraction of sp³-hybridized carbons (Fsp3) is 0.857. The van der Waals surface area contributed by atoms with Crippen molar-refractivity contribution >= 4 is 11.8 Å². The van der Waals surface area contributed by atoms with Crippen molar-refractivity contribution in [3.05, 3.63) is 0 Å². The molecule has 0 aromatic heterocycles. The molecule has 2 aliphatic rings. The predicted molar refractivity (Wildman–Crippen MR) is 67.7 cm³/mol. The normalized spacial score (nSPS) is 24.9. The van der Waals surface area contributed by atoms with E-state index in [0.717, 1.165) is 25.7 Å². The largest absolute Gasteiger partial charge is 0.396 e. The van der Waals surface area contributed by atoms with E-state index < -0.39 is 0 Å². The number of hydrogen-bond acceptors (Lipinski definition) is 3. The van der Waals surface area contributed by atoms with Gasteiger partial charge in [0.15, 0.2) is 0 Å². The predicted octanol–water partition coefficient (Wildman–Crippen LogP) is 1.71. The van der Waals surface area contributed by atoms with Gasteiger partial charge in [0.25, 0.3) is 0 Å². The number of likely N-dealkylation sites (tertiary alicyclic amines) is 1. The first-order chi connectivity index (χ1) is 8.59. The van der Waals surface area contributed by atoms with Crippen LogP contribution < -0.4 is 0 Å². The Morgan fingerprint density at radius 1 is 1.28 bits per heavy atom. The maximum Gasteiger partial charge on any atom is 0.235 e. The Morgan fingerprint density at radius 2 is 1.94 bits per heavy atom. The van der Waals surface area contributed by atoms with Crippen LogP contribution in [0.5, 0.6) is 0 Å². The fourth-order valence-corrected chi connectivity index (χ4v) is 3.29. The number of carbonyl (C=O) groups excluding carboxylic acids is 2. The Kier molecular flexibility index (Phi) is 4.05. The third kappa shape index (κ3) is 2.44. The maximum absolute atomic E-state index is 12.5. The van der Waals surface area contributed by atoms with Crippen molar-refractivity contribution < 1.29 is 14.7 Å². The zero-order valence-electron chi connectivity index (χ0n) is 11.2. The number of aliphatic hydroxyl groups excluding tert-OH is 1. The number of aliphatic hydroxyl groups is 1. The number of carbonyl (C=O) groups is 2. The number of rotatable bonds is 4.